The largest absolute Gasteiger partial charge is 0.361 e. The van der Waals surface area contributed by atoms with Crippen LogP contribution in [0, 0.1) is 10.8 Å². The molecule has 0 spiro atoms. The van der Waals surface area contributed by atoms with Gasteiger partial charge in [-0.05, 0) is 16.6 Å². The van der Waals surface area contributed by atoms with Crippen LogP contribution in [0.3, 0.4) is 0 Å². The standard InChI is InChI=1S/C17H30N2O4S/c1-16(2,3)9-23-11-18-13(20)8-19-14(21)7-12(15(19)22)24-10-17(4,5)6/h12H,7-11H2,1-6H3,(H,18,20). The van der Waals surface area contributed by atoms with Crippen molar-refractivity contribution in [3.63, 3.8) is 0 Å². The molecule has 3 amide bonds. The van der Waals surface area contributed by atoms with Gasteiger partial charge in [0.2, 0.25) is 17.7 Å². The number of carbonyl (C=O) groups excluding carboxylic acids is 3. The Kier molecular flexibility index (Phi) is 7.28. The summed E-state index contributed by atoms with van der Waals surface area (Å²) in [6.07, 6.45) is 0.174. The molecule has 0 saturated carbocycles. The van der Waals surface area contributed by atoms with Crippen molar-refractivity contribution in [2.24, 2.45) is 10.8 Å². The molecule has 1 unspecified atom stereocenters. The van der Waals surface area contributed by atoms with E-state index in [1.807, 2.05) is 20.8 Å². The maximum absolute atomic E-state index is 12.3. The number of rotatable bonds is 7. The van der Waals surface area contributed by atoms with Gasteiger partial charge in [0.05, 0.1) is 11.9 Å². The first-order chi connectivity index (χ1) is 10.9. The van der Waals surface area contributed by atoms with Crippen molar-refractivity contribution in [3.05, 3.63) is 0 Å². The maximum Gasteiger partial charge on any atom is 0.243 e. The lowest BCUT2D eigenvalue weighted by molar-refractivity contribution is -0.142. The summed E-state index contributed by atoms with van der Waals surface area (Å²) < 4.78 is 5.36. The number of nitrogens with zero attached hydrogens (tertiary/aromatic N) is 1. The zero-order chi connectivity index (χ0) is 18.5. The van der Waals surface area contributed by atoms with E-state index in [2.05, 4.69) is 26.1 Å². The molecule has 1 N–H and O–H groups in total. The predicted octanol–water partition coefficient (Wildman–Crippen LogP) is 2.03. The van der Waals surface area contributed by atoms with E-state index in [0.717, 1.165) is 10.7 Å². The number of ether oxygens (including phenoxy) is 1. The molecular formula is C17H30N2O4S. The summed E-state index contributed by atoms with van der Waals surface area (Å²) in [4.78, 5) is 37.2. The van der Waals surface area contributed by atoms with Crippen molar-refractivity contribution in [2.45, 2.75) is 53.2 Å². The fourth-order valence-electron chi connectivity index (χ4n) is 1.99. The number of nitrogens with one attached hydrogen (secondary N) is 1. The second kappa shape index (κ2) is 8.34. The molecule has 1 saturated heterocycles. The summed E-state index contributed by atoms with van der Waals surface area (Å²) in [5, 5.41) is 2.21. The summed E-state index contributed by atoms with van der Waals surface area (Å²) >= 11 is 1.49. The zero-order valence-corrected chi connectivity index (χ0v) is 16.4. The molecule has 1 aliphatic heterocycles. The molecule has 0 aromatic carbocycles. The van der Waals surface area contributed by atoms with Gasteiger partial charge in [0, 0.05) is 6.42 Å². The Morgan fingerprint density at radius 3 is 2.38 bits per heavy atom. The summed E-state index contributed by atoms with van der Waals surface area (Å²) in [7, 11) is 0. The Morgan fingerprint density at radius 2 is 1.83 bits per heavy atom. The van der Waals surface area contributed by atoms with E-state index in [-0.39, 0.29) is 53.5 Å². The van der Waals surface area contributed by atoms with Crippen LogP contribution in [-0.2, 0) is 19.1 Å². The van der Waals surface area contributed by atoms with Crippen molar-refractivity contribution in [1.29, 1.82) is 0 Å². The SMILES string of the molecule is CC(C)(C)COCNC(=O)CN1C(=O)CC(SCC(C)(C)C)C1=O. The molecule has 0 aromatic rings. The fraction of sp³-hybridized carbons (Fsp3) is 0.824. The maximum atomic E-state index is 12.3. The lowest BCUT2D eigenvalue weighted by Crippen LogP contribution is -2.41. The van der Waals surface area contributed by atoms with Gasteiger partial charge in [-0.3, -0.25) is 19.3 Å². The Bertz CT molecular complexity index is 480. The Labute approximate surface area is 149 Å². The summed E-state index contributed by atoms with van der Waals surface area (Å²) in [5.41, 5.74) is 0.103. The van der Waals surface area contributed by atoms with Crippen LogP contribution >= 0.6 is 11.8 Å². The van der Waals surface area contributed by atoms with Gasteiger partial charge in [0.25, 0.3) is 0 Å². The highest BCUT2D eigenvalue weighted by atomic mass is 32.2. The average Bonchev–Trinajstić information content (AvgIpc) is 2.67. The number of amides is 3. The first-order valence-corrected chi connectivity index (χ1v) is 9.24. The van der Waals surface area contributed by atoms with Crippen molar-refractivity contribution in [1.82, 2.24) is 10.2 Å². The summed E-state index contributed by atoms with van der Waals surface area (Å²) in [5.74, 6) is -0.138. The number of imide groups is 1. The number of hydrogen-bond donors (Lipinski definition) is 1. The molecule has 1 atom stereocenters. The monoisotopic (exact) mass is 358 g/mol. The summed E-state index contributed by atoms with van der Waals surface area (Å²) in [6.45, 7) is 12.7. The third-order valence-corrected chi connectivity index (χ3v) is 4.93. The molecule has 1 rings (SSSR count). The van der Waals surface area contributed by atoms with Crippen LogP contribution in [0.5, 0.6) is 0 Å². The van der Waals surface area contributed by atoms with E-state index in [9.17, 15) is 14.4 Å². The van der Waals surface area contributed by atoms with Gasteiger partial charge in [-0.25, -0.2) is 0 Å². The molecular weight excluding hydrogens is 328 g/mol. The highest BCUT2D eigenvalue weighted by molar-refractivity contribution is 8.00. The normalized spacial score (nSPS) is 19.1. The minimum absolute atomic E-state index is 0.0170. The van der Waals surface area contributed by atoms with Crippen LogP contribution in [0.2, 0.25) is 0 Å². The van der Waals surface area contributed by atoms with E-state index in [4.69, 9.17) is 4.74 Å². The molecule has 1 heterocycles. The van der Waals surface area contributed by atoms with Gasteiger partial charge >= 0.3 is 0 Å². The van der Waals surface area contributed by atoms with Crippen LogP contribution in [0.4, 0.5) is 0 Å². The number of thioether (sulfide) groups is 1. The van der Waals surface area contributed by atoms with Crippen LogP contribution in [0.1, 0.15) is 48.0 Å². The van der Waals surface area contributed by atoms with E-state index < -0.39 is 0 Å². The first kappa shape index (κ1) is 21.0. The molecule has 0 bridgehead atoms. The molecule has 0 radical (unpaired) electrons. The smallest absolute Gasteiger partial charge is 0.243 e. The van der Waals surface area contributed by atoms with E-state index in [1.54, 1.807) is 0 Å². The molecule has 1 aliphatic rings. The van der Waals surface area contributed by atoms with Crippen molar-refractivity contribution in [3.8, 4) is 0 Å². The van der Waals surface area contributed by atoms with Crippen LogP contribution in [0.15, 0.2) is 0 Å². The van der Waals surface area contributed by atoms with Gasteiger partial charge in [-0.1, -0.05) is 41.5 Å². The highest BCUT2D eigenvalue weighted by Gasteiger charge is 2.40. The van der Waals surface area contributed by atoms with Crippen molar-refractivity contribution < 1.29 is 19.1 Å². The van der Waals surface area contributed by atoms with Gasteiger partial charge in [0.15, 0.2) is 0 Å². The number of carbonyl (C=O) groups is 3. The van der Waals surface area contributed by atoms with Gasteiger partial charge in [-0.2, -0.15) is 0 Å². The average molecular weight is 359 g/mol. The molecule has 7 heteroatoms. The molecule has 6 nitrogen and oxygen atoms in total. The molecule has 0 aliphatic carbocycles. The van der Waals surface area contributed by atoms with Gasteiger partial charge < -0.3 is 10.1 Å². The van der Waals surface area contributed by atoms with E-state index >= 15 is 0 Å². The molecule has 138 valence electrons. The van der Waals surface area contributed by atoms with Crippen LogP contribution in [0.25, 0.3) is 0 Å². The fourth-order valence-corrected chi connectivity index (χ4v) is 3.22. The van der Waals surface area contributed by atoms with Crippen LogP contribution in [-0.4, -0.2) is 53.5 Å². The van der Waals surface area contributed by atoms with Crippen molar-refractivity contribution >= 4 is 29.5 Å². The Morgan fingerprint density at radius 1 is 1.21 bits per heavy atom. The first-order valence-electron chi connectivity index (χ1n) is 8.19. The van der Waals surface area contributed by atoms with Crippen molar-refractivity contribution in [2.75, 3.05) is 25.6 Å². The number of hydrogen-bond acceptors (Lipinski definition) is 5. The Balaban J connectivity index is 2.40. The quantitative estimate of drug-likeness (QED) is 0.428. The lowest BCUT2D eigenvalue weighted by atomic mass is 9.99. The minimum atomic E-state index is -0.382. The second-order valence-corrected chi connectivity index (χ2v) is 9.73. The minimum Gasteiger partial charge on any atom is -0.361 e. The third-order valence-electron chi connectivity index (χ3n) is 3.13. The molecule has 0 aromatic heterocycles. The third kappa shape index (κ3) is 7.66. The Hall–Kier alpha value is -1.08. The summed E-state index contributed by atoms with van der Waals surface area (Å²) in [6, 6.07) is 0. The van der Waals surface area contributed by atoms with Gasteiger partial charge in [-0.15, -0.1) is 11.8 Å². The van der Waals surface area contributed by atoms with Crippen LogP contribution < -0.4 is 5.32 Å². The predicted molar refractivity (Wildman–Crippen MR) is 95.5 cm³/mol. The van der Waals surface area contributed by atoms with Gasteiger partial charge in [0.1, 0.15) is 13.3 Å². The molecule has 1 fully saturated rings. The second-order valence-electron chi connectivity index (χ2n) is 8.54. The number of likely N-dealkylation sites (tertiary alicyclic amines) is 1. The lowest BCUT2D eigenvalue weighted by Gasteiger charge is -2.20. The zero-order valence-electron chi connectivity index (χ0n) is 15.6. The van der Waals surface area contributed by atoms with E-state index in [1.165, 1.54) is 11.8 Å². The topological polar surface area (TPSA) is 75.7 Å². The highest BCUT2D eigenvalue weighted by Crippen LogP contribution is 2.30. The van der Waals surface area contributed by atoms with E-state index in [0.29, 0.717) is 6.61 Å². The molecule has 24 heavy (non-hydrogen) atoms.